The van der Waals surface area contributed by atoms with E-state index in [0.29, 0.717) is 9.37 Å². The van der Waals surface area contributed by atoms with Gasteiger partial charge in [-0.2, -0.15) is 0 Å². The fraction of sp³-hybridized carbons (Fsp3) is 0.375. The van der Waals surface area contributed by atoms with Gasteiger partial charge in [-0.05, 0) is 34.1 Å². The van der Waals surface area contributed by atoms with Crippen molar-refractivity contribution in [3.63, 3.8) is 0 Å². The molecule has 0 saturated carbocycles. The van der Waals surface area contributed by atoms with E-state index in [9.17, 15) is 13.6 Å². The van der Waals surface area contributed by atoms with E-state index in [0.717, 1.165) is 12.1 Å². The third-order valence-electron chi connectivity index (χ3n) is 6.01. The van der Waals surface area contributed by atoms with Crippen molar-refractivity contribution < 1.29 is 27.8 Å². The third-order valence-corrected chi connectivity index (χ3v) is 7.97. The summed E-state index contributed by atoms with van der Waals surface area (Å²) in [4.78, 5) is 19.8. The van der Waals surface area contributed by atoms with Crippen molar-refractivity contribution in [3.8, 4) is 11.3 Å². The lowest BCUT2D eigenvalue weighted by Crippen LogP contribution is -2.52. The van der Waals surface area contributed by atoms with E-state index in [1.54, 1.807) is 16.9 Å². The van der Waals surface area contributed by atoms with Gasteiger partial charge in [0.05, 0.1) is 22.8 Å². The van der Waals surface area contributed by atoms with Crippen LogP contribution in [0.5, 0.6) is 0 Å². The number of ether oxygens (including phenoxy) is 3. The summed E-state index contributed by atoms with van der Waals surface area (Å²) in [6.45, 7) is 10.6. The van der Waals surface area contributed by atoms with Crippen molar-refractivity contribution in [1.29, 1.82) is 0 Å². The summed E-state index contributed by atoms with van der Waals surface area (Å²) in [6.07, 6.45) is 1.90. The molecule has 0 amide bonds. The van der Waals surface area contributed by atoms with Crippen LogP contribution in [-0.4, -0.2) is 57.3 Å². The van der Waals surface area contributed by atoms with Gasteiger partial charge in [-0.3, -0.25) is 4.79 Å². The van der Waals surface area contributed by atoms with Gasteiger partial charge in [-0.25, -0.2) is 13.5 Å². The highest BCUT2D eigenvalue weighted by atomic mass is 79.9. The number of nitrogens with zero attached hydrogens (tertiary/aromatic N) is 5. The number of methoxy groups -OCH3 is 1. The molecule has 38 heavy (non-hydrogen) atoms. The molecule has 5 atom stereocenters. The fourth-order valence-electron chi connectivity index (χ4n) is 4.15. The molecule has 3 aromatic rings. The molecule has 0 N–H and O–H groups in total. The highest BCUT2D eigenvalue weighted by molar-refractivity contribution is 9.10. The maximum absolute atomic E-state index is 14.1. The Bertz CT molecular complexity index is 1370. The molecule has 0 aliphatic carbocycles. The Kier molecular flexibility index (Phi) is 9.00. The van der Waals surface area contributed by atoms with E-state index in [2.05, 4.69) is 36.1 Å². The number of hydrogen-bond acceptors (Lipinski definition) is 8. The fourth-order valence-corrected chi connectivity index (χ4v) is 5.99. The van der Waals surface area contributed by atoms with Crippen LogP contribution >= 0.6 is 39.3 Å². The van der Waals surface area contributed by atoms with Crippen LogP contribution in [0.15, 0.2) is 40.0 Å². The molecule has 0 radical (unpaired) electrons. The van der Waals surface area contributed by atoms with Crippen molar-refractivity contribution in [2.75, 3.05) is 13.7 Å². The highest BCUT2D eigenvalue weighted by Crippen LogP contribution is 2.44. The molecule has 0 spiro atoms. The lowest BCUT2D eigenvalue weighted by atomic mass is 9.89. The van der Waals surface area contributed by atoms with Gasteiger partial charge >= 0.3 is 5.97 Å². The van der Waals surface area contributed by atoms with E-state index in [-0.39, 0.29) is 29.6 Å². The molecule has 3 heterocycles. The van der Waals surface area contributed by atoms with Crippen molar-refractivity contribution in [2.45, 2.75) is 42.4 Å². The second-order valence-electron chi connectivity index (χ2n) is 8.44. The first-order valence-corrected chi connectivity index (χ1v) is 13.3. The summed E-state index contributed by atoms with van der Waals surface area (Å²) in [5, 5.41) is 7.75. The van der Waals surface area contributed by atoms with Crippen LogP contribution in [0.2, 0.25) is 5.02 Å². The Morgan fingerprint density at radius 3 is 2.68 bits per heavy atom. The average molecular weight is 629 g/mol. The van der Waals surface area contributed by atoms with Crippen LogP contribution in [0.1, 0.15) is 19.9 Å². The molecule has 2 aromatic heterocycles. The van der Waals surface area contributed by atoms with Gasteiger partial charge in [-0.15, -0.1) is 21.8 Å². The van der Waals surface area contributed by atoms with Gasteiger partial charge in [0.25, 0.3) is 5.82 Å². The first-order chi connectivity index (χ1) is 18.1. The number of benzene rings is 1. The molecule has 14 heteroatoms. The first kappa shape index (κ1) is 28.4. The summed E-state index contributed by atoms with van der Waals surface area (Å²) in [5.41, 5.74) is -0.287. The normalized spacial score (nSPS) is 23.2. The van der Waals surface area contributed by atoms with Gasteiger partial charge in [0.15, 0.2) is 0 Å². The maximum atomic E-state index is 14.1. The molecule has 200 valence electrons. The zero-order valence-corrected chi connectivity index (χ0v) is 23.4. The summed E-state index contributed by atoms with van der Waals surface area (Å²) in [5.74, 6) is -2.40. The molecule has 2 unspecified atom stereocenters. The zero-order chi connectivity index (χ0) is 27.6. The number of hydrogen-bond donors (Lipinski definition) is 0. The number of esters is 1. The minimum Gasteiger partial charge on any atom is -0.463 e. The minimum absolute atomic E-state index is 0.0257. The second-order valence-corrected chi connectivity index (χ2v) is 10.9. The number of pyridine rings is 1. The van der Waals surface area contributed by atoms with Gasteiger partial charge < -0.3 is 19.1 Å². The number of aromatic nitrogens is 4. The number of carbonyl (C=O) groups excluding carboxylic acids is 1. The van der Waals surface area contributed by atoms with E-state index < -0.39 is 46.3 Å². The summed E-state index contributed by atoms with van der Waals surface area (Å²) < 4.78 is 47.8. The third kappa shape index (κ3) is 6.00. The second kappa shape index (κ2) is 12.0. The quantitative estimate of drug-likeness (QED) is 0.183. The highest BCUT2D eigenvalue weighted by Gasteiger charge is 2.47. The number of rotatable bonds is 7. The van der Waals surface area contributed by atoms with Crippen LogP contribution in [0.25, 0.3) is 16.1 Å². The minimum atomic E-state index is -0.915. The Hall–Kier alpha value is -2.63. The van der Waals surface area contributed by atoms with Gasteiger partial charge in [0, 0.05) is 30.4 Å². The lowest BCUT2D eigenvalue weighted by molar-refractivity contribution is -0.171. The molecule has 1 aliphatic rings. The van der Waals surface area contributed by atoms with E-state index in [1.165, 1.54) is 32.0 Å². The van der Waals surface area contributed by atoms with Crippen molar-refractivity contribution in [3.05, 3.63) is 63.1 Å². The van der Waals surface area contributed by atoms with Crippen LogP contribution in [0.3, 0.4) is 0 Å². The topological polar surface area (TPSA) is 92.7 Å². The predicted octanol–water partition coefficient (Wildman–Crippen LogP) is 5.86. The standard InChI is InChI=1S/C24H21BrClF2N5O4S/c1-11-18(10-36-12(2)34)37-24(38-19-7-14(25)8-30-23(19)29-3)22(35-4)21(11)33-9-17(31-32-33)13-5-15(27)20(26)16(28)6-13/h5-9,11,18,21-22,24H,10H2,1-2,4H3/t11-,18?,21-,22?,24+/m0/s1. The number of carbonyl (C=O) groups is 1. The SMILES string of the molecule is [C-]#[N+]c1ncc(Br)cc1S[C@H]1OC(COC(C)=O)[C@H](C)[C@H](n2cc(-c3cc(F)c(Cl)c(F)c3)nn2)C1OC. The molecule has 4 rings (SSSR count). The van der Waals surface area contributed by atoms with Gasteiger partial charge in [-0.1, -0.05) is 30.3 Å². The number of halogens is 4. The van der Waals surface area contributed by atoms with Crippen LogP contribution in [-0.2, 0) is 19.0 Å². The smallest absolute Gasteiger partial charge is 0.302 e. The van der Waals surface area contributed by atoms with E-state index >= 15 is 0 Å². The Morgan fingerprint density at radius 1 is 1.34 bits per heavy atom. The average Bonchev–Trinajstić information content (AvgIpc) is 3.36. The van der Waals surface area contributed by atoms with E-state index in [4.69, 9.17) is 32.4 Å². The molecule has 1 aromatic carbocycles. The van der Waals surface area contributed by atoms with Gasteiger partial charge in [0.2, 0.25) is 0 Å². The summed E-state index contributed by atoms with van der Waals surface area (Å²) in [6, 6.07) is 3.42. The van der Waals surface area contributed by atoms with Crippen LogP contribution in [0.4, 0.5) is 14.6 Å². The molecular formula is C24H21BrClF2N5O4S. The van der Waals surface area contributed by atoms with Crippen LogP contribution < -0.4 is 0 Å². The summed E-state index contributed by atoms with van der Waals surface area (Å²) in [7, 11) is 1.52. The molecular weight excluding hydrogens is 608 g/mol. The zero-order valence-electron chi connectivity index (χ0n) is 20.3. The summed E-state index contributed by atoms with van der Waals surface area (Å²) >= 11 is 10.2. The van der Waals surface area contributed by atoms with Crippen molar-refractivity contribution in [2.24, 2.45) is 5.92 Å². The van der Waals surface area contributed by atoms with Gasteiger partial charge in [0.1, 0.15) is 46.7 Å². The maximum Gasteiger partial charge on any atom is 0.302 e. The molecule has 9 nitrogen and oxygen atoms in total. The largest absolute Gasteiger partial charge is 0.463 e. The predicted molar refractivity (Wildman–Crippen MR) is 139 cm³/mol. The Balaban J connectivity index is 1.72. The number of thioether (sulfide) groups is 1. The Morgan fingerprint density at radius 2 is 2.05 bits per heavy atom. The lowest BCUT2D eigenvalue weighted by Gasteiger charge is -2.44. The van der Waals surface area contributed by atoms with Crippen molar-refractivity contribution in [1.82, 2.24) is 20.0 Å². The van der Waals surface area contributed by atoms with E-state index in [1.807, 2.05) is 6.92 Å². The molecule has 1 saturated heterocycles. The van der Waals surface area contributed by atoms with Crippen molar-refractivity contribution >= 4 is 51.1 Å². The molecule has 1 fully saturated rings. The molecule has 1 aliphatic heterocycles. The first-order valence-electron chi connectivity index (χ1n) is 11.2. The monoisotopic (exact) mass is 627 g/mol. The Labute approximate surface area is 234 Å². The van der Waals surface area contributed by atoms with Crippen LogP contribution in [0, 0.1) is 24.1 Å². The molecule has 0 bridgehead atoms.